The Hall–Kier alpha value is -0.170. The molecule has 124 valence electrons. The molecule has 1 saturated heterocycles. The average molecular weight is 318 g/mol. The zero-order valence-electron chi connectivity index (χ0n) is 13.0. The van der Waals surface area contributed by atoms with Crippen molar-refractivity contribution in [2.75, 3.05) is 25.4 Å². The fraction of sp³-hybridized carbons (Fsp3) is 1.00. The van der Waals surface area contributed by atoms with E-state index in [1.165, 1.54) is 38.5 Å². The molecule has 0 aromatic carbocycles. The van der Waals surface area contributed by atoms with Gasteiger partial charge in [-0.15, -0.1) is 0 Å². The van der Waals surface area contributed by atoms with Crippen LogP contribution in [-0.4, -0.2) is 46.0 Å². The van der Waals surface area contributed by atoms with E-state index < -0.39 is 10.0 Å². The summed E-state index contributed by atoms with van der Waals surface area (Å²) < 4.78 is 32.2. The summed E-state index contributed by atoms with van der Waals surface area (Å²) in [6.07, 6.45) is 10.6. The topological polar surface area (TPSA) is 67.4 Å². The van der Waals surface area contributed by atoms with Gasteiger partial charge in [0, 0.05) is 25.7 Å². The Bertz CT molecular complexity index is 372. The summed E-state index contributed by atoms with van der Waals surface area (Å²) in [5, 5.41) is 3.48. The molecule has 2 fully saturated rings. The molecule has 21 heavy (non-hydrogen) atoms. The number of hydrogen-bond acceptors (Lipinski definition) is 4. The van der Waals surface area contributed by atoms with Gasteiger partial charge in [0.2, 0.25) is 10.0 Å². The molecule has 1 heterocycles. The Morgan fingerprint density at radius 3 is 2.29 bits per heavy atom. The fourth-order valence-corrected chi connectivity index (χ4v) is 4.49. The molecule has 0 aromatic heterocycles. The van der Waals surface area contributed by atoms with Crippen molar-refractivity contribution in [2.24, 2.45) is 0 Å². The number of hydrogen-bond donors (Lipinski definition) is 2. The van der Waals surface area contributed by atoms with E-state index in [0.717, 1.165) is 25.8 Å². The first-order valence-corrected chi connectivity index (χ1v) is 10.1. The van der Waals surface area contributed by atoms with E-state index in [-0.39, 0.29) is 11.9 Å². The van der Waals surface area contributed by atoms with E-state index >= 15 is 0 Å². The lowest BCUT2D eigenvalue weighted by Gasteiger charge is -2.22. The highest BCUT2D eigenvalue weighted by Gasteiger charge is 2.21. The van der Waals surface area contributed by atoms with Crippen LogP contribution < -0.4 is 10.0 Å². The SMILES string of the molecule is O=S(=O)(CC1CCCCO1)NCCNC1CCCCCC1. The molecular formula is C15H30N2O3S. The summed E-state index contributed by atoms with van der Waals surface area (Å²) in [5.74, 6) is 0.108. The van der Waals surface area contributed by atoms with Crippen molar-refractivity contribution in [1.29, 1.82) is 0 Å². The lowest BCUT2D eigenvalue weighted by Crippen LogP contribution is -2.40. The fourth-order valence-electron chi connectivity index (χ4n) is 3.21. The van der Waals surface area contributed by atoms with Gasteiger partial charge in [0.25, 0.3) is 0 Å². The van der Waals surface area contributed by atoms with Crippen LogP contribution >= 0.6 is 0 Å². The number of nitrogens with one attached hydrogen (secondary N) is 2. The van der Waals surface area contributed by atoms with Gasteiger partial charge in [0.05, 0.1) is 11.9 Å². The first kappa shape index (κ1) is 17.2. The minimum absolute atomic E-state index is 0.108. The molecule has 2 rings (SSSR count). The summed E-state index contributed by atoms with van der Waals surface area (Å²) in [7, 11) is -3.21. The summed E-state index contributed by atoms with van der Waals surface area (Å²) in [6, 6.07) is 0.568. The minimum Gasteiger partial charge on any atom is -0.377 e. The molecule has 6 heteroatoms. The van der Waals surface area contributed by atoms with Gasteiger partial charge in [-0.05, 0) is 32.1 Å². The maximum absolute atomic E-state index is 12.0. The van der Waals surface area contributed by atoms with Gasteiger partial charge in [0.1, 0.15) is 0 Å². The van der Waals surface area contributed by atoms with Gasteiger partial charge < -0.3 is 10.1 Å². The Balaban J connectivity index is 1.60. The van der Waals surface area contributed by atoms with Crippen molar-refractivity contribution in [3.63, 3.8) is 0 Å². The predicted octanol–water partition coefficient (Wildman–Crippen LogP) is 1.79. The summed E-state index contributed by atoms with van der Waals surface area (Å²) >= 11 is 0. The third-order valence-electron chi connectivity index (χ3n) is 4.41. The van der Waals surface area contributed by atoms with Crippen molar-refractivity contribution < 1.29 is 13.2 Å². The van der Waals surface area contributed by atoms with E-state index in [1.54, 1.807) is 0 Å². The van der Waals surface area contributed by atoms with Crippen LogP contribution in [0.4, 0.5) is 0 Å². The molecule has 1 saturated carbocycles. The van der Waals surface area contributed by atoms with Crippen molar-refractivity contribution >= 4 is 10.0 Å². The molecule has 1 atom stereocenters. The number of sulfonamides is 1. The lowest BCUT2D eigenvalue weighted by molar-refractivity contribution is 0.0304. The normalized spacial score (nSPS) is 25.6. The second-order valence-electron chi connectivity index (χ2n) is 6.31. The van der Waals surface area contributed by atoms with E-state index in [9.17, 15) is 8.42 Å². The second-order valence-corrected chi connectivity index (χ2v) is 8.16. The summed E-state index contributed by atoms with van der Waals surface area (Å²) in [5.41, 5.74) is 0. The molecule has 0 radical (unpaired) electrons. The Labute approximate surface area is 129 Å². The maximum Gasteiger partial charge on any atom is 0.214 e. The molecule has 5 nitrogen and oxygen atoms in total. The van der Waals surface area contributed by atoms with Gasteiger partial charge in [0.15, 0.2) is 0 Å². The van der Waals surface area contributed by atoms with Crippen LogP contribution in [0.2, 0.25) is 0 Å². The molecular weight excluding hydrogens is 288 g/mol. The zero-order valence-corrected chi connectivity index (χ0v) is 13.8. The standard InChI is InChI=1S/C15H30N2O3S/c18-21(19,13-15-9-5-6-12-20-15)17-11-10-16-14-7-3-1-2-4-8-14/h14-17H,1-13H2. The maximum atomic E-state index is 12.0. The number of ether oxygens (including phenoxy) is 1. The van der Waals surface area contributed by atoms with Crippen LogP contribution in [0.5, 0.6) is 0 Å². The quantitative estimate of drug-likeness (QED) is 0.555. The van der Waals surface area contributed by atoms with E-state index in [1.807, 2.05) is 0 Å². The highest BCUT2D eigenvalue weighted by Crippen LogP contribution is 2.17. The molecule has 0 amide bonds. The zero-order chi connectivity index (χ0) is 15.0. The smallest absolute Gasteiger partial charge is 0.214 e. The van der Waals surface area contributed by atoms with Crippen molar-refractivity contribution in [3.05, 3.63) is 0 Å². The minimum atomic E-state index is -3.21. The van der Waals surface area contributed by atoms with Crippen LogP contribution in [0.25, 0.3) is 0 Å². The van der Waals surface area contributed by atoms with E-state index in [0.29, 0.717) is 19.2 Å². The largest absolute Gasteiger partial charge is 0.377 e. The van der Waals surface area contributed by atoms with Crippen LogP contribution in [-0.2, 0) is 14.8 Å². The molecule has 1 aliphatic carbocycles. The second kappa shape index (κ2) is 9.08. The molecule has 2 N–H and O–H groups in total. The third kappa shape index (κ3) is 7.08. The molecule has 0 aromatic rings. The summed E-state index contributed by atoms with van der Waals surface area (Å²) in [4.78, 5) is 0. The van der Waals surface area contributed by atoms with Crippen LogP contribution in [0.15, 0.2) is 0 Å². The predicted molar refractivity (Wildman–Crippen MR) is 84.9 cm³/mol. The lowest BCUT2D eigenvalue weighted by atomic mass is 10.1. The highest BCUT2D eigenvalue weighted by atomic mass is 32.2. The van der Waals surface area contributed by atoms with Gasteiger partial charge in [-0.2, -0.15) is 0 Å². The van der Waals surface area contributed by atoms with Crippen molar-refractivity contribution in [1.82, 2.24) is 10.0 Å². The summed E-state index contributed by atoms with van der Waals surface area (Å²) in [6.45, 7) is 1.89. The van der Waals surface area contributed by atoms with Crippen molar-refractivity contribution in [2.45, 2.75) is 69.9 Å². The first-order valence-electron chi connectivity index (χ1n) is 8.48. The highest BCUT2D eigenvalue weighted by molar-refractivity contribution is 7.89. The van der Waals surface area contributed by atoms with Crippen LogP contribution in [0, 0.1) is 0 Å². The molecule has 2 aliphatic rings. The molecule has 0 spiro atoms. The third-order valence-corrected chi connectivity index (χ3v) is 5.87. The Kier molecular flexibility index (Phi) is 7.43. The molecule has 1 unspecified atom stereocenters. The van der Waals surface area contributed by atoms with Gasteiger partial charge >= 0.3 is 0 Å². The monoisotopic (exact) mass is 318 g/mol. The molecule has 0 bridgehead atoms. The van der Waals surface area contributed by atoms with Gasteiger partial charge in [-0.3, -0.25) is 0 Å². The van der Waals surface area contributed by atoms with Gasteiger partial charge in [-0.25, -0.2) is 13.1 Å². The van der Waals surface area contributed by atoms with E-state index in [4.69, 9.17) is 4.74 Å². The molecule has 1 aliphatic heterocycles. The first-order chi connectivity index (χ1) is 10.2. The average Bonchev–Trinajstić information content (AvgIpc) is 2.73. The van der Waals surface area contributed by atoms with Crippen LogP contribution in [0.3, 0.4) is 0 Å². The Morgan fingerprint density at radius 2 is 1.62 bits per heavy atom. The van der Waals surface area contributed by atoms with Crippen LogP contribution in [0.1, 0.15) is 57.8 Å². The van der Waals surface area contributed by atoms with Crippen molar-refractivity contribution in [3.8, 4) is 0 Å². The Morgan fingerprint density at radius 1 is 0.905 bits per heavy atom. The van der Waals surface area contributed by atoms with Gasteiger partial charge in [-0.1, -0.05) is 25.7 Å². The van der Waals surface area contributed by atoms with E-state index in [2.05, 4.69) is 10.0 Å². The number of rotatable bonds is 7.